The third-order valence-electron chi connectivity index (χ3n) is 6.89. The Morgan fingerprint density at radius 3 is 1.93 bits per heavy atom. The van der Waals surface area contributed by atoms with Crippen LogP contribution in [0, 0.1) is 11.8 Å². The van der Waals surface area contributed by atoms with Gasteiger partial charge in [0.2, 0.25) is 5.91 Å². The van der Waals surface area contributed by atoms with Crippen LogP contribution in [-0.4, -0.2) is 48.3 Å². The van der Waals surface area contributed by atoms with Gasteiger partial charge in [-0.2, -0.15) is 0 Å². The van der Waals surface area contributed by atoms with Crippen LogP contribution in [0.15, 0.2) is 12.1 Å². The first kappa shape index (κ1) is 19.5. The lowest BCUT2D eigenvalue weighted by molar-refractivity contribution is -0.126. The molecule has 3 aliphatic rings. The summed E-state index contributed by atoms with van der Waals surface area (Å²) in [6.45, 7) is 6.26. The zero-order chi connectivity index (χ0) is 19.3. The van der Waals surface area contributed by atoms with Crippen LogP contribution in [0.3, 0.4) is 0 Å². The number of nitrogens with one attached hydrogen (secondary N) is 1. The molecule has 1 aromatic heterocycles. The second-order valence-electron chi connectivity index (χ2n) is 9.02. The molecule has 2 aliphatic heterocycles. The first-order chi connectivity index (χ1) is 13.7. The standard InChI is InChI=1S/C22H35N5O/c1-17-9-13-26(14-10-17)20-7-8-21(25-24-20)27-15-11-18(12-16-27)22(28)23-19-5-3-2-4-6-19/h7-8,17-19H,2-6,9-16H2,1H3,(H,23,28). The van der Waals surface area contributed by atoms with Gasteiger partial charge in [-0.05, 0) is 56.6 Å². The van der Waals surface area contributed by atoms with Crippen molar-refractivity contribution in [3.8, 4) is 0 Å². The third-order valence-corrected chi connectivity index (χ3v) is 6.89. The van der Waals surface area contributed by atoms with Crippen LogP contribution >= 0.6 is 0 Å². The van der Waals surface area contributed by atoms with Crippen molar-refractivity contribution < 1.29 is 4.79 Å². The molecule has 28 heavy (non-hydrogen) atoms. The average molecular weight is 386 g/mol. The molecule has 0 aromatic carbocycles. The van der Waals surface area contributed by atoms with Gasteiger partial charge >= 0.3 is 0 Å². The van der Waals surface area contributed by atoms with Gasteiger partial charge in [0.05, 0.1) is 0 Å². The number of hydrogen-bond acceptors (Lipinski definition) is 5. The van der Waals surface area contributed by atoms with Crippen molar-refractivity contribution in [2.24, 2.45) is 11.8 Å². The monoisotopic (exact) mass is 385 g/mol. The molecule has 154 valence electrons. The molecule has 3 heterocycles. The van der Waals surface area contributed by atoms with E-state index in [0.717, 1.165) is 69.4 Å². The van der Waals surface area contributed by atoms with Crippen molar-refractivity contribution in [3.63, 3.8) is 0 Å². The lowest BCUT2D eigenvalue weighted by Gasteiger charge is -2.34. The van der Waals surface area contributed by atoms with Gasteiger partial charge in [-0.1, -0.05) is 26.2 Å². The van der Waals surface area contributed by atoms with E-state index in [4.69, 9.17) is 0 Å². The van der Waals surface area contributed by atoms with Crippen molar-refractivity contribution in [3.05, 3.63) is 12.1 Å². The Labute approximate surface area is 169 Å². The molecule has 1 aliphatic carbocycles. The van der Waals surface area contributed by atoms with Crippen molar-refractivity contribution in [1.29, 1.82) is 0 Å². The highest BCUT2D eigenvalue weighted by Crippen LogP contribution is 2.25. The molecule has 1 saturated carbocycles. The molecule has 3 fully saturated rings. The fourth-order valence-electron chi connectivity index (χ4n) is 4.83. The summed E-state index contributed by atoms with van der Waals surface area (Å²) in [7, 11) is 0. The summed E-state index contributed by atoms with van der Waals surface area (Å²) in [5.74, 6) is 3.19. The summed E-state index contributed by atoms with van der Waals surface area (Å²) in [4.78, 5) is 17.2. The Bertz CT molecular complexity index is 627. The molecule has 6 nitrogen and oxygen atoms in total. The molecule has 1 amide bonds. The van der Waals surface area contributed by atoms with E-state index in [-0.39, 0.29) is 11.8 Å². The minimum absolute atomic E-state index is 0.153. The Balaban J connectivity index is 1.26. The van der Waals surface area contributed by atoms with Gasteiger partial charge in [0.1, 0.15) is 0 Å². The lowest BCUT2D eigenvalue weighted by Crippen LogP contribution is -2.44. The number of carbonyl (C=O) groups excluding carboxylic acids is 1. The summed E-state index contributed by atoms with van der Waals surface area (Å²) in [5.41, 5.74) is 0. The van der Waals surface area contributed by atoms with Crippen LogP contribution in [0.25, 0.3) is 0 Å². The van der Waals surface area contributed by atoms with Gasteiger partial charge in [0, 0.05) is 38.1 Å². The fourth-order valence-corrected chi connectivity index (χ4v) is 4.83. The maximum atomic E-state index is 12.6. The van der Waals surface area contributed by atoms with E-state index in [9.17, 15) is 4.79 Å². The number of carbonyl (C=O) groups is 1. The summed E-state index contributed by atoms with van der Waals surface area (Å²) in [6, 6.07) is 4.62. The summed E-state index contributed by atoms with van der Waals surface area (Å²) < 4.78 is 0. The number of hydrogen-bond donors (Lipinski definition) is 1. The maximum absolute atomic E-state index is 12.6. The highest BCUT2D eigenvalue weighted by molar-refractivity contribution is 5.79. The van der Waals surface area contributed by atoms with E-state index in [1.165, 1.54) is 32.1 Å². The topological polar surface area (TPSA) is 61.4 Å². The number of aromatic nitrogens is 2. The van der Waals surface area contributed by atoms with Gasteiger partial charge < -0.3 is 15.1 Å². The van der Waals surface area contributed by atoms with E-state index in [1.54, 1.807) is 0 Å². The summed E-state index contributed by atoms with van der Waals surface area (Å²) in [5, 5.41) is 12.3. The Morgan fingerprint density at radius 2 is 1.39 bits per heavy atom. The number of piperidine rings is 2. The molecule has 0 unspecified atom stereocenters. The largest absolute Gasteiger partial charge is 0.355 e. The molecule has 0 spiro atoms. The highest BCUT2D eigenvalue weighted by Gasteiger charge is 2.28. The van der Waals surface area contributed by atoms with Crippen LogP contribution in [0.5, 0.6) is 0 Å². The molecular weight excluding hydrogens is 350 g/mol. The number of nitrogens with zero attached hydrogens (tertiary/aromatic N) is 4. The lowest BCUT2D eigenvalue weighted by atomic mass is 9.92. The van der Waals surface area contributed by atoms with E-state index >= 15 is 0 Å². The predicted octanol–water partition coefficient (Wildman–Crippen LogP) is 3.38. The molecule has 1 N–H and O–H groups in total. The second kappa shape index (κ2) is 9.10. The highest BCUT2D eigenvalue weighted by atomic mass is 16.1. The average Bonchev–Trinajstić information content (AvgIpc) is 2.75. The summed E-state index contributed by atoms with van der Waals surface area (Å²) >= 11 is 0. The first-order valence-corrected chi connectivity index (χ1v) is 11.3. The molecule has 0 atom stereocenters. The Morgan fingerprint density at radius 1 is 0.857 bits per heavy atom. The zero-order valence-electron chi connectivity index (χ0n) is 17.3. The second-order valence-corrected chi connectivity index (χ2v) is 9.02. The predicted molar refractivity (Wildman–Crippen MR) is 113 cm³/mol. The molecule has 1 aromatic rings. The maximum Gasteiger partial charge on any atom is 0.223 e. The molecule has 2 saturated heterocycles. The fraction of sp³-hybridized carbons (Fsp3) is 0.773. The number of rotatable bonds is 4. The quantitative estimate of drug-likeness (QED) is 0.861. The van der Waals surface area contributed by atoms with Crippen LogP contribution in [-0.2, 0) is 4.79 Å². The van der Waals surface area contributed by atoms with E-state index in [2.05, 4.69) is 44.4 Å². The smallest absolute Gasteiger partial charge is 0.223 e. The van der Waals surface area contributed by atoms with Crippen LogP contribution in [0.4, 0.5) is 11.6 Å². The van der Waals surface area contributed by atoms with Gasteiger partial charge in [-0.25, -0.2) is 0 Å². The van der Waals surface area contributed by atoms with Crippen LogP contribution < -0.4 is 15.1 Å². The SMILES string of the molecule is CC1CCN(c2ccc(N3CCC(C(=O)NC4CCCCC4)CC3)nn2)CC1. The Kier molecular flexibility index (Phi) is 6.33. The third kappa shape index (κ3) is 4.76. The zero-order valence-corrected chi connectivity index (χ0v) is 17.3. The van der Waals surface area contributed by atoms with E-state index in [0.29, 0.717) is 6.04 Å². The van der Waals surface area contributed by atoms with Gasteiger partial charge in [0.25, 0.3) is 0 Å². The Hall–Kier alpha value is -1.85. The molecule has 6 heteroatoms. The van der Waals surface area contributed by atoms with Gasteiger partial charge in [0.15, 0.2) is 11.6 Å². The first-order valence-electron chi connectivity index (χ1n) is 11.3. The van der Waals surface area contributed by atoms with E-state index < -0.39 is 0 Å². The van der Waals surface area contributed by atoms with E-state index in [1.807, 2.05) is 0 Å². The van der Waals surface area contributed by atoms with Crippen molar-refractivity contribution in [2.45, 2.75) is 70.8 Å². The molecule has 4 rings (SSSR count). The van der Waals surface area contributed by atoms with Crippen LogP contribution in [0.2, 0.25) is 0 Å². The number of amides is 1. The normalized spacial score (nSPS) is 23.0. The van der Waals surface area contributed by atoms with Crippen molar-refractivity contribution >= 4 is 17.5 Å². The molecule has 0 bridgehead atoms. The molecular formula is C22H35N5O. The summed E-state index contributed by atoms with van der Waals surface area (Å²) in [6.07, 6.45) is 10.4. The molecule has 0 radical (unpaired) electrons. The van der Waals surface area contributed by atoms with Crippen molar-refractivity contribution in [2.75, 3.05) is 36.0 Å². The minimum atomic E-state index is 0.153. The van der Waals surface area contributed by atoms with Gasteiger partial charge in [-0.15, -0.1) is 10.2 Å². The van der Waals surface area contributed by atoms with Crippen LogP contribution in [0.1, 0.15) is 64.7 Å². The van der Waals surface area contributed by atoms with Crippen molar-refractivity contribution in [1.82, 2.24) is 15.5 Å². The number of anilines is 2. The van der Waals surface area contributed by atoms with Gasteiger partial charge in [-0.3, -0.25) is 4.79 Å². The minimum Gasteiger partial charge on any atom is -0.355 e.